The average Bonchev–Trinajstić information content (AvgIpc) is 2.86. The third kappa shape index (κ3) is 5.75. The summed E-state index contributed by atoms with van der Waals surface area (Å²) in [6.07, 6.45) is 3.06. The molecule has 2 aromatic carbocycles. The second-order valence-corrected chi connectivity index (χ2v) is 8.10. The smallest absolute Gasteiger partial charge is 0.279 e. The lowest BCUT2D eigenvalue weighted by Gasteiger charge is -2.20. The summed E-state index contributed by atoms with van der Waals surface area (Å²) < 4.78 is 11.9. The van der Waals surface area contributed by atoms with Crippen LogP contribution in [-0.4, -0.2) is 61.0 Å². The van der Waals surface area contributed by atoms with Crippen LogP contribution < -0.4 is 20.3 Å². The van der Waals surface area contributed by atoms with Gasteiger partial charge in [-0.3, -0.25) is 9.59 Å². The summed E-state index contributed by atoms with van der Waals surface area (Å²) in [4.78, 5) is 28.8. The van der Waals surface area contributed by atoms with Crippen molar-refractivity contribution in [2.45, 2.75) is 33.1 Å². The van der Waals surface area contributed by atoms with Gasteiger partial charge in [0.05, 0.1) is 19.6 Å². The van der Waals surface area contributed by atoms with Gasteiger partial charge < -0.3 is 19.7 Å². The summed E-state index contributed by atoms with van der Waals surface area (Å²) in [6.45, 7) is 7.93. The molecule has 1 amide bonds. The molecule has 1 N–H and O–H groups in total. The Morgan fingerprint density at radius 1 is 1.00 bits per heavy atom. The van der Waals surface area contributed by atoms with Crippen LogP contribution in [0, 0.1) is 0 Å². The summed E-state index contributed by atoms with van der Waals surface area (Å²) in [5, 5.41) is 8.38. The van der Waals surface area contributed by atoms with E-state index in [-0.39, 0.29) is 17.2 Å². The monoisotopic (exact) mass is 466 g/mol. The Kier molecular flexibility index (Phi) is 9.04. The van der Waals surface area contributed by atoms with Crippen molar-refractivity contribution >= 4 is 16.7 Å². The highest BCUT2D eigenvalue weighted by molar-refractivity contribution is 6.04. The number of hydrogen-bond donors (Lipinski definition) is 1. The van der Waals surface area contributed by atoms with Gasteiger partial charge in [-0.2, -0.15) is 9.78 Å². The molecule has 0 radical (unpaired) electrons. The lowest BCUT2D eigenvalue weighted by molar-refractivity contribution is 0.0946. The molecule has 0 spiro atoms. The SMILES string of the molecule is CCCN(CCC)CCCNC(=O)c1nn(-c2ccc(OC)cc2OC)c(=O)c2ccccc12. The molecule has 0 bridgehead atoms. The fourth-order valence-electron chi connectivity index (χ4n) is 4.04. The summed E-state index contributed by atoms with van der Waals surface area (Å²) in [6, 6.07) is 12.1. The standard InChI is InChI=1S/C26H34N4O4/c1-5-15-29(16-6-2)17-9-14-27-25(31)24-20-10-7-8-11-21(20)26(32)30(28-24)22-13-12-19(33-3)18-23(22)34-4/h7-8,10-13,18H,5-6,9,14-17H2,1-4H3,(H,27,31). The first-order valence-corrected chi connectivity index (χ1v) is 11.8. The first kappa shape index (κ1) is 25.2. The lowest BCUT2D eigenvalue weighted by atomic mass is 10.1. The number of nitrogens with zero attached hydrogens (tertiary/aromatic N) is 3. The number of amides is 1. The average molecular weight is 467 g/mol. The molecule has 182 valence electrons. The van der Waals surface area contributed by atoms with Crippen LogP contribution in [0.25, 0.3) is 16.5 Å². The molecular weight excluding hydrogens is 432 g/mol. The van der Waals surface area contributed by atoms with Gasteiger partial charge in [0.2, 0.25) is 0 Å². The van der Waals surface area contributed by atoms with Crippen LogP contribution in [0.1, 0.15) is 43.6 Å². The van der Waals surface area contributed by atoms with Crippen molar-refractivity contribution in [1.82, 2.24) is 20.0 Å². The molecule has 8 heteroatoms. The Balaban J connectivity index is 1.90. The van der Waals surface area contributed by atoms with Crippen molar-refractivity contribution in [3.05, 3.63) is 58.5 Å². The predicted molar refractivity (Wildman–Crippen MR) is 134 cm³/mol. The van der Waals surface area contributed by atoms with Gasteiger partial charge in [-0.15, -0.1) is 0 Å². The van der Waals surface area contributed by atoms with E-state index in [2.05, 4.69) is 29.2 Å². The highest BCUT2D eigenvalue weighted by atomic mass is 16.5. The molecule has 0 fully saturated rings. The Bertz CT molecular complexity index is 1170. The van der Waals surface area contributed by atoms with E-state index < -0.39 is 0 Å². The van der Waals surface area contributed by atoms with Crippen molar-refractivity contribution in [2.24, 2.45) is 0 Å². The van der Waals surface area contributed by atoms with Crippen LogP contribution in [0.15, 0.2) is 47.3 Å². The minimum absolute atomic E-state index is 0.201. The number of rotatable bonds is 12. The van der Waals surface area contributed by atoms with Gasteiger partial charge in [0.1, 0.15) is 17.2 Å². The number of hydrogen-bond acceptors (Lipinski definition) is 6. The number of carbonyl (C=O) groups excluding carboxylic acids is 1. The molecule has 0 saturated heterocycles. The number of ether oxygens (including phenoxy) is 2. The van der Waals surface area contributed by atoms with Crippen molar-refractivity contribution in [1.29, 1.82) is 0 Å². The molecule has 0 aliphatic carbocycles. The second-order valence-electron chi connectivity index (χ2n) is 8.10. The van der Waals surface area contributed by atoms with Crippen molar-refractivity contribution in [3.8, 4) is 17.2 Å². The quantitative estimate of drug-likeness (QED) is 0.410. The van der Waals surface area contributed by atoms with Crippen LogP contribution in [0.4, 0.5) is 0 Å². The topological polar surface area (TPSA) is 85.7 Å². The molecule has 8 nitrogen and oxygen atoms in total. The predicted octanol–water partition coefficient (Wildman–Crippen LogP) is 3.64. The van der Waals surface area contributed by atoms with Gasteiger partial charge in [-0.1, -0.05) is 32.0 Å². The van der Waals surface area contributed by atoms with Crippen molar-refractivity contribution in [3.63, 3.8) is 0 Å². The molecule has 0 atom stereocenters. The maximum absolute atomic E-state index is 13.3. The molecule has 1 heterocycles. The molecule has 3 aromatic rings. The number of nitrogens with one attached hydrogen (secondary N) is 1. The van der Waals surface area contributed by atoms with Gasteiger partial charge in [-0.05, 0) is 57.1 Å². The normalized spacial score (nSPS) is 11.1. The first-order chi connectivity index (χ1) is 16.5. The number of methoxy groups -OCH3 is 2. The highest BCUT2D eigenvalue weighted by Gasteiger charge is 2.19. The highest BCUT2D eigenvalue weighted by Crippen LogP contribution is 2.27. The maximum Gasteiger partial charge on any atom is 0.279 e. The van der Waals surface area contributed by atoms with Gasteiger partial charge in [-0.25, -0.2) is 0 Å². The Labute approximate surface area is 200 Å². The molecular formula is C26H34N4O4. The molecule has 0 aliphatic heterocycles. The van der Waals surface area contributed by atoms with Gasteiger partial charge in [0.15, 0.2) is 5.69 Å². The number of fused-ring (bicyclic) bond motifs is 1. The molecule has 3 rings (SSSR count). The maximum atomic E-state index is 13.3. The van der Waals surface area contributed by atoms with E-state index >= 15 is 0 Å². The molecule has 34 heavy (non-hydrogen) atoms. The fraction of sp³-hybridized carbons (Fsp3) is 0.423. The zero-order valence-corrected chi connectivity index (χ0v) is 20.5. The number of aromatic nitrogens is 2. The third-order valence-corrected chi connectivity index (χ3v) is 5.65. The lowest BCUT2D eigenvalue weighted by Crippen LogP contribution is -2.33. The van der Waals surface area contributed by atoms with Crippen LogP contribution in [-0.2, 0) is 0 Å². The van der Waals surface area contributed by atoms with Crippen LogP contribution >= 0.6 is 0 Å². The Morgan fingerprint density at radius 2 is 1.71 bits per heavy atom. The van der Waals surface area contributed by atoms with E-state index in [1.54, 1.807) is 49.6 Å². The van der Waals surface area contributed by atoms with E-state index in [4.69, 9.17) is 9.47 Å². The molecule has 1 aromatic heterocycles. The summed E-state index contributed by atoms with van der Waals surface area (Å²) in [7, 11) is 3.07. The molecule has 0 aliphatic rings. The van der Waals surface area contributed by atoms with Crippen molar-refractivity contribution in [2.75, 3.05) is 40.4 Å². The fourth-order valence-corrected chi connectivity index (χ4v) is 4.04. The molecule has 0 saturated carbocycles. The van der Waals surface area contributed by atoms with Crippen LogP contribution in [0.2, 0.25) is 0 Å². The Hall–Kier alpha value is -3.39. The first-order valence-electron chi connectivity index (χ1n) is 11.8. The van der Waals surface area contributed by atoms with Crippen LogP contribution in [0.5, 0.6) is 11.5 Å². The van der Waals surface area contributed by atoms with Crippen LogP contribution in [0.3, 0.4) is 0 Å². The number of carbonyl (C=O) groups is 1. The van der Waals surface area contributed by atoms with Crippen molar-refractivity contribution < 1.29 is 14.3 Å². The molecule has 0 unspecified atom stereocenters. The van der Waals surface area contributed by atoms with E-state index in [0.29, 0.717) is 34.5 Å². The van der Waals surface area contributed by atoms with Gasteiger partial charge in [0.25, 0.3) is 11.5 Å². The zero-order chi connectivity index (χ0) is 24.5. The minimum atomic E-state index is -0.328. The second kappa shape index (κ2) is 12.2. The van der Waals surface area contributed by atoms with E-state index in [9.17, 15) is 9.59 Å². The van der Waals surface area contributed by atoms with E-state index in [0.717, 1.165) is 38.9 Å². The Morgan fingerprint density at radius 3 is 2.35 bits per heavy atom. The summed E-state index contributed by atoms with van der Waals surface area (Å²) in [5.74, 6) is 0.699. The van der Waals surface area contributed by atoms with E-state index in [1.165, 1.54) is 11.8 Å². The third-order valence-electron chi connectivity index (χ3n) is 5.65. The summed E-state index contributed by atoms with van der Waals surface area (Å²) >= 11 is 0. The largest absolute Gasteiger partial charge is 0.497 e. The minimum Gasteiger partial charge on any atom is -0.497 e. The van der Waals surface area contributed by atoms with Gasteiger partial charge >= 0.3 is 0 Å². The van der Waals surface area contributed by atoms with Gasteiger partial charge in [0, 0.05) is 18.0 Å². The zero-order valence-electron chi connectivity index (χ0n) is 20.5. The van der Waals surface area contributed by atoms with E-state index in [1.807, 2.05) is 0 Å². The number of benzene rings is 2. The summed E-state index contributed by atoms with van der Waals surface area (Å²) in [5.41, 5.74) is 0.306.